The Morgan fingerprint density at radius 3 is 2.42 bits per heavy atom. The molecule has 0 N–H and O–H groups in total. The first-order chi connectivity index (χ1) is 12.4. The molecule has 0 radical (unpaired) electrons. The Morgan fingerprint density at radius 1 is 1.08 bits per heavy atom. The monoisotopic (exact) mass is 359 g/mol. The summed E-state index contributed by atoms with van der Waals surface area (Å²) in [5.74, 6) is 0. The number of benzene rings is 1. The Kier molecular flexibility index (Phi) is 6.20. The summed E-state index contributed by atoms with van der Waals surface area (Å²) in [6.45, 7) is 12.8. The molecule has 2 aliphatic rings. The van der Waals surface area contributed by atoms with E-state index in [4.69, 9.17) is 4.74 Å². The molecule has 2 heterocycles. The van der Waals surface area contributed by atoms with Crippen molar-refractivity contribution in [2.24, 2.45) is 0 Å². The van der Waals surface area contributed by atoms with Crippen LogP contribution >= 0.6 is 0 Å². The molecule has 2 fully saturated rings. The number of hydrogen-bond acceptors (Lipinski definition) is 4. The van der Waals surface area contributed by atoms with E-state index >= 15 is 0 Å². The fraction of sp³-hybridized carbons (Fsp3) is 0.667. The number of ether oxygens (including phenoxy) is 1. The minimum atomic E-state index is -0.424. The fourth-order valence-electron chi connectivity index (χ4n) is 3.87. The van der Waals surface area contributed by atoms with Crippen molar-refractivity contribution in [2.75, 3.05) is 39.3 Å². The van der Waals surface area contributed by atoms with Crippen LogP contribution in [0.5, 0.6) is 0 Å². The van der Waals surface area contributed by atoms with Crippen LogP contribution in [0.4, 0.5) is 4.79 Å². The average molecular weight is 360 g/mol. The molecule has 1 aromatic carbocycles. The number of carbonyl (C=O) groups is 1. The second-order valence-electron chi connectivity index (χ2n) is 8.52. The number of rotatable bonds is 3. The molecular formula is C21H33N3O2. The molecule has 0 aromatic heterocycles. The van der Waals surface area contributed by atoms with Crippen LogP contribution < -0.4 is 0 Å². The highest BCUT2D eigenvalue weighted by Crippen LogP contribution is 2.20. The van der Waals surface area contributed by atoms with Crippen molar-refractivity contribution in [3.8, 4) is 0 Å². The molecule has 5 nitrogen and oxygen atoms in total. The smallest absolute Gasteiger partial charge is 0.410 e. The van der Waals surface area contributed by atoms with Crippen molar-refractivity contribution in [1.29, 1.82) is 0 Å². The Balaban J connectivity index is 1.47. The van der Waals surface area contributed by atoms with E-state index < -0.39 is 5.60 Å². The number of likely N-dealkylation sites (tertiary alicyclic amines) is 1. The van der Waals surface area contributed by atoms with Gasteiger partial charge < -0.3 is 9.64 Å². The molecule has 0 aliphatic carbocycles. The molecule has 0 spiro atoms. The van der Waals surface area contributed by atoms with Crippen molar-refractivity contribution >= 4 is 6.09 Å². The molecular weight excluding hydrogens is 326 g/mol. The van der Waals surface area contributed by atoms with Crippen molar-refractivity contribution in [3.63, 3.8) is 0 Å². The minimum Gasteiger partial charge on any atom is -0.444 e. The number of amides is 1. The quantitative estimate of drug-likeness (QED) is 0.830. The van der Waals surface area contributed by atoms with Gasteiger partial charge in [0.2, 0.25) is 0 Å². The molecule has 1 unspecified atom stereocenters. The van der Waals surface area contributed by atoms with Gasteiger partial charge in [0, 0.05) is 51.9 Å². The van der Waals surface area contributed by atoms with Gasteiger partial charge in [0.1, 0.15) is 5.60 Å². The van der Waals surface area contributed by atoms with Gasteiger partial charge in [-0.05, 0) is 39.2 Å². The van der Waals surface area contributed by atoms with Gasteiger partial charge in [-0.25, -0.2) is 4.79 Å². The minimum absolute atomic E-state index is 0.162. The summed E-state index contributed by atoms with van der Waals surface area (Å²) in [6.07, 6.45) is 2.08. The second kappa shape index (κ2) is 8.40. The molecule has 3 rings (SSSR count). The lowest BCUT2D eigenvalue weighted by Gasteiger charge is -2.43. The fourth-order valence-corrected chi connectivity index (χ4v) is 3.87. The van der Waals surface area contributed by atoms with Crippen LogP contribution in [-0.2, 0) is 11.3 Å². The van der Waals surface area contributed by atoms with Crippen LogP contribution in [0, 0.1) is 0 Å². The van der Waals surface area contributed by atoms with Gasteiger partial charge in [-0.3, -0.25) is 9.80 Å². The van der Waals surface area contributed by atoms with E-state index in [-0.39, 0.29) is 6.09 Å². The lowest BCUT2D eigenvalue weighted by Crippen LogP contribution is -2.56. The Morgan fingerprint density at radius 2 is 1.77 bits per heavy atom. The maximum atomic E-state index is 12.4. The van der Waals surface area contributed by atoms with Gasteiger partial charge in [-0.2, -0.15) is 0 Å². The summed E-state index contributed by atoms with van der Waals surface area (Å²) in [4.78, 5) is 19.4. The van der Waals surface area contributed by atoms with Gasteiger partial charge in [0.15, 0.2) is 0 Å². The zero-order valence-corrected chi connectivity index (χ0v) is 16.5. The van der Waals surface area contributed by atoms with E-state index in [0.29, 0.717) is 6.04 Å². The highest BCUT2D eigenvalue weighted by Gasteiger charge is 2.31. The number of hydrogen-bond donors (Lipinski definition) is 0. The molecule has 0 saturated carbocycles. The normalized spacial score (nSPS) is 23.0. The summed E-state index contributed by atoms with van der Waals surface area (Å²) in [7, 11) is 0. The SMILES string of the molecule is CC(C)(C)OC(=O)N1CCCC(N2CCN(Cc3ccccc3)CC2)C1. The zero-order valence-electron chi connectivity index (χ0n) is 16.5. The predicted molar refractivity (Wildman–Crippen MR) is 104 cm³/mol. The molecule has 26 heavy (non-hydrogen) atoms. The lowest BCUT2D eigenvalue weighted by atomic mass is 10.0. The molecule has 1 atom stereocenters. The summed E-state index contributed by atoms with van der Waals surface area (Å²) in [6, 6.07) is 11.2. The third-order valence-electron chi connectivity index (χ3n) is 5.22. The molecule has 1 amide bonds. The summed E-state index contributed by atoms with van der Waals surface area (Å²) >= 11 is 0. The topological polar surface area (TPSA) is 36.0 Å². The van der Waals surface area contributed by atoms with Crippen molar-refractivity contribution < 1.29 is 9.53 Å². The van der Waals surface area contributed by atoms with Crippen LogP contribution in [0.2, 0.25) is 0 Å². The molecule has 0 bridgehead atoms. The van der Waals surface area contributed by atoms with Gasteiger partial charge in [-0.15, -0.1) is 0 Å². The zero-order chi connectivity index (χ0) is 18.6. The third kappa shape index (κ3) is 5.45. The summed E-state index contributed by atoms with van der Waals surface area (Å²) in [5.41, 5.74) is 0.960. The molecule has 1 aromatic rings. The van der Waals surface area contributed by atoms with Gasteiger partial charge in [-0.1, -0.05) is 30.3 Å². The average Bonchev–Trinajstić information content (AvgIpc) is 2.62. The van der Waals surface area contributed by atoms with E-state index in [1.165, 1.54) is 12.0 Å². The maximum absolute atomic E-state index is 12.4. The van der Waals surface area contributed by atoms with Crippen molar-refractivity contribution in [1.82, 2.24) is 14.7 Å². The first kappa shape index (κ1) is 19.2. The van der Waals surface area contributed by atoms with Gasteiger partial charge in [0.25, 0.3) is 0 Å². The van der Waals surface area contributed by atoms with Gasteiger partial charge >= 0.3 is 6.09 Å². The number of nitrogens with zero attached hydrogens (tertiary/aromatic N) is 3. The van der Waals surface area contributed by atoms with Crippen molar-refractivity contribution in [2.45, 2.75) is 51.8 Å². The van der Waals surface area contributed by atoms with E-state index in [2.05, 4.69) is 40.1 Å². The van der Waals surface area contributed by atoms with Crippen LogP contribution in [0.15, 0.2) is 30.3 Å². The Hall–Kier alpha value is -1.59. The highest BCUT2D eigenvalue weighted by molar-refractivity contribution is 5.68. The largest absolute Gasteiger partial charge is 0.444 e. The molecule has 144 valence electrons. The lowest BCUT2D eigenvalue weighted by molar-refractivity contribution is 0.00446. The standard InChI is InChI=1S/C21H33N3O2/c1-21(2,3)26-20(25)24-11-7-10-19(17-24)23-14-12-22(13-15-23)16-18-8-5-4-6-9-18/h4-6,8-9,19H,7,10-17H2,1-3H3. The first-order valence-electron chi connectivity index (χ1n) is 9.89. The summed E-state index contributed by atoms with van der Waals surface area (Å²) < 4.78 is 5.56. The van der Waals surface area contributed by atoms with Crippen LogP contribution in [0.3, 0.4) is 0 Å². The van der Waals surface area contributed by atoms with Crippen LogP contribution in [-0.4, -0.2) is 71.7 Å². The Labute approximate surface area is 157 Å². The number of piperazine rings is 1. The van der Waals surface area contributed by atoms with Gasteiger partial charge in [0.05, 0.1) is 0 Å². The van der Waals surface area contributed by atoms with Crippen LogP contribution in [0.1, 0.15) is 39.2 Å². The predicted octanol–water partition coefficient (Wildman–Crippen LogP) is 3.20. The highest BCUT2D eigenvalue weighted by atomic mass is 16.6. The second-order valence-corrected chi connectivity index (χ2v) is 8.52. The number of piperidine rings is 1. The third-order valence-corrected chi connectivity index (χ3v) is 5.22. The van der Waals surface area contributed by atoms with Crippen LogP contribution in [0.25, 0.3) is 0 Å². The number of carbonyl (C=O) groups excluding carboxylic acids is 1. The van der Waals surface area contributed by atoms with E-state index in [0.717, 1.165) is 52.2 Å². The molecule has 2 aliphatic heterocycles. The summed E-state index contributed by atoms with van der Waals surface area (Å²) in [5, 5.41) is 0. The Bertz CT molecular complexity index is 577. The maximum Gasteiger partial charge on any atom is 0.410 e. The van der Waals surface area contributed by atoms with E-state index in [1.807, 2.05) is 25.7 Å². The van der Waals surface area contributed by atoms with E-state index in [1.54, 1.807) is 0 Å². The van der Waals surface area contributed by atoms with Crippen molar-refractivity contribution in [3.05, 3.63) is 35.9 Å². The first-order valence-corrected chi connectivity index (χ1v) is 9.89. The van der Waals surface area contributed by atoms with E-state index in [9.17, 15) is 4.79 Å². The molecule has 2 saturated heterocycles. The molecule has 5 heteroatoms.